The van der Waals surface area contributed by atoms with Crippen molar-refractivity contribution in [2.45, 2.75) is 13.8 Å². The molecule has 0 spiro atoms. The highest BCUT2D eigenvalue weighted by atomic mass is 16.5. The summed E-state index contributed by atoms with van der Waals surface area (Å²) in [6.45, 7) is 3.81. The first-order valence-electron chi connectivity index (χ1n) is 5.65. The third-order valence-electron chi connectivity index (χ3n) is 3.08. The minimum absolute atomic E-state index is 0.0763. The predicted molar refractivity (Wildman–Crippen MR) is 69.8 cm³/mol. The third-order valence-corrected chi connectivity index (χ3v) is 3.08. The SMILES string of the molecule is COc1cc(C)c(C)cc1-c1c(C(=O)O)[nH][nH]c1=O. The number of methoxy groups -OCH3 is 1. The average molecular weight is 262 g/mol. The molecule has 1 aromatic carbocycles. The van der Waals surface area contributed by atoms with Gasteiger partial charge in [-0.3, -0.25) is 15.0 Å². The Labute approximate surface area is 109 Å². The summed E-state index contributed by atoms with van der Waals surface area (Å²) in [5.41, 5.74) is 1.83. The zero-order valence-electron chi connectivity index (χ0n) is 10.8. The van der Waals surface area contributed by atoms with Gasteiger partial charge in [0, 0.05) is 5.56 Å². The fraction of sp³-hybridized carbons (Fsp3) is 0.231. The lowest BCUT2D eigenvalue weighted by molar-refractivity contribution is 0.0691. The highest BCUT2D eigenvalue weighted by Crippen LogP contribution is 2.32. The lowest BCUT2D eigenvalue weighted by Crippen LogP contribution is -2.06. The molecule has 0 aliphatic rings. The molecule has 1 aromatic heterocycles. The molecule has 3 N–H and O–H groups in total. The second-order valence-electron chi connectivity index (χ2n) is 4.27. The summed E-state index contributed by atoms with van der Waals surface area (Å²) >= 11 is 0. The molecule has 19 heavy (non-hydrogen) atoms. The maximum atomic E-state index is 11.8. The third kappa shape index (κ3) is 2.12. The number of ether oxygens (including phenoxy) is 1. The van der Waals surface area contributed by atoms with Crippen LogP contribution in [0.1, 0.15) is 21.6 Å². The molecule has 0 atom stereocenters. The number of hydrogen-bond acceptors (Lipinski definition) is 3. The van der Waals surface area contributed by atoms with Gasteiger partial charge in [-0.15, -0.1) is 0 Å². The molecule has 0 bridgehead atoms. The van der Waals surface area contributed by atoms with Gasteiger partial charge in [-0.2, -0.15) is 0 Å². The first-order chi connectivity index (χ1) is 8.95. The molecule has 1 heterocycles. The van der Waals surface area contributed by atoms with E-state index in [0.717, 1.165) is 11.1 Å². The summed E-state index contributed by atoms with van der Waals surface area (Å²) in [5, 5.41) is 13.7. The van der Waals surface area contributed by atoms with Crippen molar-refractivity contribution in [1.29, 1.82) is 0 Å². The van der Waals surface area contributed by atoms with Crippen LogP contribution in [0.25, 0.3) is 11.1 Å². The molecule has 2 rings (SSSR count). The maximum Gasteiger partial charge on any atom is 0.354 e. The van der Waals surface area contributed by atoms with Crippen molar-refractivity contribution in [3.63, 3.8) is 0 Å². The number of benzene rings is 1. The smallest absolute Gasteiger partial charge is 0.354 e. The highest BCUT2D eigenvalue weighted by molar-refractivity contribution is 5.94. The summed E-state index contributed by atoms with van der Waals surface area (Å²) in [7, 11) is 1.48. The molecule has 0 radical (unpaired) electrons. The van der Waals surface area contributed by atoms with Crippen molar-refractivity contribution in [1.82, 2.24) is 10.2 Å². The minimum atomic E-state index is -1.20. The largest absolute Gasteiger partial charge is 0.496 e. The van der Waals surface area contributed by atoms with Crippen molar-refractivity contribution in [3.05, 3.63) is 39.3 Å². The molecule has 6 heteroatoms. The van der Waals surface area contributed by atoms with E-state index in [4.69, 9.17) is 9.84 Å². The number of aromatic nitrogens is 2. The normalized spacial score (nSPS) is 10.5. The van der Waals surface area contributed by atoms with Gasteiger partial charge >= 0.3 is 5.97 Å². The molecule has 0 aliphatic heterocycles. The van der Waals surface area contributed by atoms with Gasteiger partial charge in [-0.25, -0.2) is 4.79 Å². The standard InChI is InChI=1S/C13H14N2O4/c1-6-4-8(9(19-3)5-7(6)2)10-11(13(17)18)14-15-12(10)16/h4-5H,1-3H3,(H,17,18)(H2,14,15,16). The number of aromatic carboxylic acids is 1. The zero-order chi connectivity index (χ0) is 14.2. The van der Waals surface area contributed by atoms with Crippen molar-refractivity contribution in [2.75, 3.05) is 7.11 Å². The molecule has 0 fully saturated rings. The van der Waals surface area contributed by atoms with Gasteiger partial charge in [0.05, 0.1) is 12.7 Å². The Balaban J connectivity index is 2.78. The molecule has 0 unspecified atom stereocenters. The summed E-state index contributed by atoms with van der Waals surface area (Å²) in [6, 6.07) is 3.53. The van der Waals surface area contributed by atoms with Gasteiger partial charge in [-0.1, -0.05) is 0 Å². The number of H-pyrrole nitrogens is 2. The van der Waals surface area contributed by atoms with Gasteiger partial charge in [0.25, 0.3) is 5.56 Å². The van der Waals surface area contributed by atoms with Crippen molar-refractivity contribution in [2.24, 2.45) is 0 Å². The fourth-order valence-electron chi connectivity index (χ4n) is 1.93. The van der Waals surface area contributed by atoms with Crippen LogP contribution in [0.15, 0.2) is 16.9 Å². The van der Waals surface area contributed by atoms with Crippen molar-refractivity contribution in [3.8, 4) is 16.9 Å². The van der Waals surface area contributed by atoms with E-state index in [-0.39, 0.29) is 11.3 Å². The van der Waals surface area contributed by atoms with Crippen molar-refractivity contribution < 1.29 is 14.6 Å². The monoisotopic (exact) mass is 262 g/mol. The van der Waals surface area contributed by atoms with Gasteiger partial charge in [0.1, 0.15) is 5.75 Å². The van der Waals surface area contributed by atoms with E-state index in [1.807, 2.05) is 13.8 Å². The molecular weight excluding hydrogens is 248 g/mol. The van der Waals surface area contributed by atoms with Gasteiger partial charge in [0.15, 0.2) is 5.69 Å². The Morgan fingerprint density at radius 1 is 1.21 bits per heavy atom. The summed E-state index contributed by atoms with van der Waals surface area (Å²) in [4.78, 5) is 22.9. The van der Waals surface area contributed by atoms with Gasteiger partial charge < -0.3 is 9.84 Å². The molecule has 0 saturated carbocycles. The lowest BCUT2D eigenvalue weighted by atomic mass is 9.99. The van der Waals surface area contributed by atoms with E-state index in [0.29, 0.717) is 11.3 Å². The van der Waals surface area contributed by atoms with Gasteiger partial charge in [-0.05, 0) is 37.1 Å². The maximum absolute atomic E-state index is 11.8. The van der Waals surface area contributed by atoms with Crippen LogP contribution in [0.4, 0.5) is 0 Å². The van der Waals surface area contributed by atoms with Crippen LogP contribution in [-0.4, -0.2) is 28.4 Å². The Morgan fingerprint density at radius 3 is 2.42 bits per heavy atom. The molecular formula is C13H14N2O4. The van der Waals surface area contributed by atoms with Crippen LogP contribution >= 0.6 is 0 Å². The first-order valence-corrected chi connectivity index (χ1v) is 5.65. The number of aromatic amines is 2. The molecule has 100 valence electrons. The number of carboxylic acids is 1. The summed E-state index contributed by atoms with van der Waals surface area (Å²) < 4.78 is 5.24. The number of aryl methyl sites for hydroxylation is 2. The number of nitrogens with one attached hydrogen (secondary N) is 2. The number of rotatable bonds is 3. The summed E-state index contributed by atoms with van der Waals surface area (Å²) in [5.74, 6) is -0.732. The second-order valence-corrected chi connectivity index (χ2v) is 4.27. The minimum Gasteiger partial charge on any atom is -0.496 e. The van der Waals surface area contributed by atoms with Crippen LogP contribution in [0, 0.1) is 13.8 Å². The van der Waals surface area contributed by atoms with Crippen molar-refractivity contribution >= 4 is 5.97 Å². The number of carboxylic acid groups (broad SMARTS) is 1. The van der Waals surface area contributed by atoms with Crippen LogP contribution in [0.5, 0.6) is 5.75 Å². The molecule has 0 aliphatic carbocycles. The molecule has 0 saturated heterocycles. The van der Waals surface area contributed by atoms with E-state index in [9.17, 15) is 9.59 Å². The molecule has 6 nitrogen and oxygen atoms in total. The zero-order valence-corrected chi connectivity index (χ0v) is 10.8. The fourth-order valence-corrected chi connectivity index (χ4v) is 1.93. The van der Waals surface area contributed by atoms with Gasteiger partial charge in [0.2, 0.25) is 0 Å². The van der Waals surface area contributed by atoms with Crippen LogP contribution in [0.2, 0.25) is 0 Å². The van der Waals surface area contributed by atoms with Crippen LogP contribution in [-0.2, 0) is 0 Å². The van der Waals surface area contributed by atoms with E-state index in [1.54, 1.807) is 12.1 Å². The second kappa shape index (κ2) is 4.64. The molecule has 2 aromatic rings. The topological polar surface area (TPSA) is 95.2 Å². The Hall–Kier alpha value is -2.50. The highest BCUT2D eigenvalue weighted by Gasteiger charge is 2.21. The van der Waals surface area contributed by atoms with E-state index in [2.05, 4.69) is 10.2 Å². The Bertz CT molecular complexity index is 697. The number of hydrogen-bond donors (Lipinski definition) is 3. The Morgan fingerprint density at radius 2 is 1.84 bits per heavy atom. The lowest BCUT2D eigenvalue weighted by Gasteiger charge is -2.10. The Kier molecular flexibility index (Phi) is 3.16. The number of carbonyl (C=O) groups is 1. The first kappa shape index (κ1) is 12.9. The molecule has 0 amide bonds. The van der Waals surface area contributed by atoms with E-state index >= 15 is 0 Å². The van der Waals surface area contributed by atoms with Crippen LogP contribution in [0.3, 0.4) is 0 Å². The predicted octanol–water partition coefficient (Wildman–Crippen LogP) is 1.69. The van der Waals surface area contributed by atoms with Crippen LogP contribution < -0.4 is 10.3 Å². The summed E-state index contributed by atoms with van der Waals surface area (Å²) in [6.07, 6.45) is 0. The quantitative estimate of drug-likeness (QED) is 0.784. The van der Waals surface area contributed by atoms with E-state index < -0.39 is 11.5 Å². The van der Waals surface area contributed by atoms with E-state index in [1.165, 1.54) is 7.11 Å². The average Bonchev–Trinajstić information content (AvgIpc) is 2.74.